The maximum absolute atomic E-state index is 15.3. The minimum absolute atomic E-state index is 0.0293. The molecule has 5 rings (SSSR count). The number of ketones is 3. The van der Waals surface area contributed by atoms with Gasteiger partial charge in [0.05, 0.1) is 18.3 Å². The molecule has 1 aromatic carbocycles. The second kappa shape index (κ2) is 9.76. The molecule has 4 aliphatic rings. The Morgan fingerprint density at radius 2 is 1.82 bits per heavy atom. The third-order valence-corrected chi connectivity index (χ3v) is 9.01. The lowest BCUT2D eigenvalue weighted by Crippen LogP contribution is -2.73. The first-order valence-corrected chi connectivity index (χ1v) is 13.2. The van der Waals surface area contributed by atoms with Crippen LogP contribution in [0, 0.1) is 29.5 Å². The number of primary amides is 1. The smallest absolute Gasteiger partial charge is 0.238 e. The molecule has 1 aliphatic heterocycles. The van der Waals surface area contributed by atoms with E-state index in [0.717, 1.165) is 32.0 Å². The number of benzene rings is 1. The van der Waals surface area contributed by atoms with Crippen LogP contribution in [0.4, 0.5) is 10.1 Å². The normalized spacial score (nSPS) is 32.5. The average Bonchev–Trinajstić information content (AvgIpc) is 3.36. The zero-order chi connectivity index (χ0) is 28.4. The van der Waals surface area contributed by atoms with Crippen molar-refractivity contribution < 1.29 is 38.6 Å². The maximum atomic E-state index is 15.3. The Kier molecular flexibility index (Phi) is 6.84. The summed E-state index contributed by atoms with van der Waals surface area (Å²) >= 11 is 0. The third kappa shape index (κ3) is 4.25. The number of hydrogen-bond donors (Lipinski definition) is 4. The fourth-order valence-corrected chi connectivity index (χ4v) is 7.17. The van der Waals surface area contributed by atoms with Crippen molar-refractivity contribution in [3.05, 3.63) is 23.0 Å². The number of fused-ring (bicyclic) bond motifs is 3. The predicted octanol–water partition coefficient (Wildman–Crippen LogP) is -0.600. The molecule has 12 heteroatoms. The molecule has 210 valence electrons. The highest BCUT2D eigenvalue weighted by Gasteiger charge is 2.68. The number of carbonyl (C=O) groups is 5. The number of amides is 2. The van der Waals surface area contributed by atoms with Crippen molar-refractivity contribution in [2.75, 3.05) is 39.0 Å². The number of aromatic hydroxyl groups is 1. The number of halogens is 1. The largest absolute Gasteiger partial charge is 0.505 e. The van der Waals surface area contributed by atoms with E-state index < -0.39 is 70.3 Å². The molecule has 11 nitrogen and oxygen atoms in total. The summed E-state index contributed by atoms with van der Waals surface area (Å²) in [7, 11) is 3.08. The molecule has 1 saturated heterocycles. The van der Waals surface area contributed by atoms with Gasteiger partial charge in [-0.2, -0.15) is 0 Å². The summed E-state index contributed by atoms with van der Waals surface area (Å²) in [6.07, 6.45) is 1.87. The van der Waals surface area contributed by atoms with E-state index in [0.29, 0.717) is 0 Å². The van der Waals surface area contributed by atoms with E-state index in [1.165, 1.54) is 4.90 Å². The molecule has 0 spiro atoms. The highest BCUT2D eigenvalue weighted by atomic mass is 19.1. The summed E-state index contributed by atoms with van der Waals surface area (Å²) in [5, 5.41) is 25.2. The van der Waals surface area contributed by atoms with Gasteiger partial charge in [0, 0.05) is 23.5 Å². The molecule has 39 heavy (non-hydrogen) atoms. The average molecular weight is 545 g/mol. The molecular weight excluding hydrogens is 511 g/mol. The number of phenols is 1. The van der Waals surface area contributed by atoms with Crippen molar-refractivity contribution in [1.29, 1.82) is 0 Å². The van der Waals surface area contributed by atoms with E-state index in [1.54, 1.807) is 14.1 Å². The van der Waals surface area contributed by atoms with Gasteiger partial charge in [0.1, 0.15) is 11.6 Å². The van der Waals surface area contributed by atoms with E-state index in [-0.39, 0.29) is 48.4 Å². The SMILES string of the molecule is CN(C)C1C(=O)C(C(N)=O)C(=O)C2(O)C(=O)C3Cc4c(O)c(NC(=O)CN5CCCC5)cc(F)c4CC3CC12. The highest BCUT2D eigenvalue weighted by molar-refractivity contribution is 6.30. The van der Waals surface area contributed by atoms with Crippen LogP contribution in [-0.4, -0.2) is 94.5 Å². The Labute approximate surface area is 224 Å². The number of likely N-dealkylation sites (N-methyl/N-ethyl adjacent to an activating group) is 1. The molecule has 0 aromatic heterocycles. The zero-order valence-electron chi connectivity index (χ0n) is 21.9. The lowest BCUT2D eigenvalue weighted by Gasteiger charge is -2.53. The molecule has 5 N–H and O–H groups in total. The number of carbonyl (C=O) groups excluding carboxylic acids is 5. The van der Waals surface area contributed by atoms with Crippen molar-refractivity contribution in [3.63, 3.8) is 0 Å². The number of nitrogens with two attached hydrogens (primary N) is 1. The molecule has 3 aliphatic carbocycles. The van der Waals surface area contributed by atoms with E-state index in [1.807, 2.05) is 4.90 Å². The Morgan fingerprint density at radius 1 is 1.15 bits per heavy atom. The molecule has 6 unspecified atom stereocenters. The summed E-state index contributed by atoms with van der Waals surface area (Å²) in [6.45, 7) is 1.66. The maximum Gasteiger partial charge on any atom is 0.238 e. The number of phenolic OH excluding ortho intramolecular Hbond substituents is 1. The number of Topliss-reactive ketones (excluding diaryl/α,β-unsaturated/α-hetero) is 3. The third-order valence-electron chi connectivity index (χ3n) is 9.01. The number of likely N-dealkylation sites (tertiary alicyclic amines) is 1. The van der Waals surface area contributed by atoms with Crippen LogP contribution in [0.3, 0.4) is 0 Å². The monoisotopic (exact) mass is 544 g/mol. The van der Waals surface area contributed by atoms with Crippen LogP contribution in [0.5, 0.6) is 5.75 Å². The van der Waals surface area contributed by atoms with Crippen molar-refractivity contribution in [3.8, 4) is 5.75 Å². The second-order valence-corrected chi connectivity index (χ2v) is 11.5. The Hall–Kier alpha value is -3.22. The summed E-state index contributed by atoms with van der Waals surface area (Å²) < 4.78 is 15.3. The lowest BCUT2D eigenvalue weighted by molar-refractivity contribution is -0.183. The van der Waals surface area contributed by atoms with Crippen molar-refractivity contribution in [1.82, 2.24) is 9.80 Å². The predicted molar refractivity (Wildman–Crippen MR) is 135 cm³/mol. The van der Waals surface area contributed by atoms with Gasteiger partial charge in [0.25, 0.3) is 0 Å². The molecule has 0 radical (unpaired) electrons. The van der Waals surface area contributed by atoms with Gasteiger partial charge in [0.15, 0.2) is 28.9 Å². The number of nitrogens with one attached hydrogen (secondary N) is 1. The van der Waals surface area contributed by atoms with Crippen molar-refractivity contribution in [2.45, 2.75) is 43.7 Å². The number of hydrogen-bond acceptors (Lipinski definition) is 9. The van der Waals surface area contributed by atoms with Crippen LogP contribution in [-0.2, 0) is 36.8 Å². The highest BCUT2D eigenvalue weighted by Crippen LogP contribution is 2.51. The van der Waals surface area contributed by atoms with Crippen LogP contribution in [0.25, 0.3) is 0 Å². The molecule has 2 saturated carbocycles. The quantitative estimate of drug-likeness (QED) is 0.279. The van der Waals surface area contributed by atoms with Gasteiger partial charge in [-0.25, -0.2) is 4.39 Å². The van der Waals surface area contributed by atoms with Crippen LogP contribution < -0.4 is 11.1 Å². The topological polar surface area (TPSA) is 170 Å². The molecule has 3 fully saturated rings. The van der Waals surface area contributed by atoms with E-state index in [4.69, 9.17) is 5.73 Å². The molecular formula is C27H33FN4O7. The van der Waals surface area contributed by atoms with Gasteiger partial charge < -0.3 is 21.3 Å². The lowest BCUT2D eigenvalue weighted by atomic mass is 9.52. The Balaban J connectivity index is 1.48. The first kappa shape index (κ1) is 27.4. The summed E-state index contributed by atoms with van der Waals surface area (Å²) in [4.78, 5) is 68.2. The van der Waals surface area contributed by atoms with E-state index in [9.17, 15) is 34.2 Å². The minimum Gasteiger partial charge on any atom is -0.505 e. The van der Waals surface area contributed by atoms with Gasteiger partial charge in [-0.1, -0.05) is 0 Å². The molecule has 0 bridgehead atoms. The molecule has 1 aromatic rings. The molecule has 1 heterocycles. The summed E-state index contributed by atoms with van der Waals surface area (Å²) in [5.41, 5.74) is 2.91. The number of nitrogens with zero attached hydrogens (tertiary/aromatic N) is 2. The zero-order valence-corrected chi connectivity index (χ0v) is 21.9. The standard InChI is InChI=1S/C27H33FN4O7/c1-31(2)21-16-8-12-7-14-15(9-13(12)24(36)27(16,39)25(37)20(23(21)35)26(29)38)22(34)18(10-17(14)28)30-19(33)11-32-5-3-4-6-32/h10,12-13,16,20-21,34,39H,3-9,11H2,1-2H3,(H2,29,38)(H,30,33). The first-order valence-electron chi connectivity index (χ1n) is 13.2. The van der Waals surface area contributed by atoms with E-state index >= 15 is 4.39 Å². The molecule has 6 atom stereocenters. The Bertz CT molecular complexity index is 1280. The first-order chi connectivity index (χ1) is 18.4. The molecule has 2 amide bonds. The fourth-order valence-electron chi connectivity index (χ4n) is 7.17. The van der Waals surface area contributed by atoms with Gasteiger partial charge in [0.2, 0.25) is 11.8 Å². The minimum atomic E-state index is -2.63. The van der Waals surface area contributed by atoms with Crippen LogP contribution in [0.2, 0.25) is 0 Å². The fraction of sp³-hybridized carbons (Fsp3) is 0.593. The summed E-state index contributed by atoms with van der Waals surface area (Å²) in [5.74, 6) is -10.1. The van der Waals surface area contributed by atoms with Crippen molar-refractivity contribution in [2.24, 2.45) is 29.4 Å². The van der Waals surface area contributed by atoms with Gasteiger partial charge >= 0.3 is 0 Å². The van der Waals surface area contributed by atoms with Gasteiger partial charge in [-0.3, -0.25) is 33.8 Å². The van der Waals surface area contributed by atoms with Crippen molar-refractivity contribution >= 4 is 34.9 Å². The van der Waals surface area contributed by atoms with Crippen LogP contribution >= 0.6 is 0 Å². The van der Waals surface area contributed by atoms with Gasteiger partial charge in [-0.15, -0.1) is 0 Å². The van der Waals surface area contributed by atoms with Crippen LogP contribution in [0.1, 0.15) is 30.4 Å². The Morgan fingerprint density at radius 3 is 2.44 bits per heavy atom. The number of rotatable bonds is 5. The van der Waals surface area contributed by atoms with Gasteiger partial charge in [-0.05, 0) is 70.8 Å². The number of aliphatic hydroxyl groups is 1. The number of anilines is 1. The summed E-state index contributed by atoms with van der Waals surface area (Å²) in [6, 6.07) is -0.0617. The van der Waals surface area contributed by atoms with Crippen LogP contribution in [0.15, 0.2) is 6.07 Å². The van der Waals surface area contributed by atoms with E-state index in [2.05, 4.69) is 5.32 Å². The second-order valence-electron chi connectivity index (χ2n) is 11.5.